The van der Waals surface area contributed by atoms with Crippen LogP contribution in [0.4, 0.5) is 0 Å². The molecule has 0 radical (unpaired) electrons. The number of aliphatic hydroxyl groups excluding tert-OH is 1. The van der Waals surface area contributed by atoms with Crippen molar-refractivity contribution >= 4 is 17.1 Å². The lowest BCUT2D eigenvalue weighted by Gasteiger charge is -2.27. The molecule has 2 nitrogen and oxygen atoms in total. The number of rotatable bonds is 3. The molecule has 3 heteroatoms. The molecule has 0 bridgehead atoms. The van der Waals surface area contributed by atoms with Gasteiger partial charge in [0.1, 0.15) is 0 Å². The first-order chi connectivity index (χ1) is 5.74. The van der Waals surface area contributed by atoms with E-state index >= 15 is 0 Å². The first-order valence-electron chi connectivity index (χ1n) is 4.68. The van der Waals surface area contributed by atoms with Crippen molar-refractivity contribution in [2.24, 2.45) is 0 Å². The Bertz CT molecular complexity index is 159. The summed E-state index contributed by atoms with van der Waals surface area (Å²) in [6, 6.07) is 0.515. The van der Waals surface area contributed by atoms with E-state index in [-0.39, 0.29) is 6.10 Å². The summed E-state index contributed by atoms with van der Waals surface area (Å²) in [5.41, 5.74) is 0. The van der Waals surface area contributed by atoms with Crippen molar-refractivity contribution < 1.29 is 5.11 Å². The van der Waals surface area contributed by atoms with Crippen molar-refractivity contribution in [1.82, 2.24) is 5.32 Å². The molecule has 0 aliphatic heterocycles. The van der Waals surface area contributed by atoms with Crippen molar-refractivity contribution in [3.05, 3.63) is 0 Å². The lowest BCUT2D eigenvalue weighted by molar-refractivity contribution is 0.207. The molecule has 0 spiro atoms. The fourth-order valence-corrected chi connectivity index (χ4v) is 1.84. The number of nitrogens with one attached hydrogen (secondary N) is 1. The molecular formula is C9H17NOS. The van der Waals surface area contributed by atoms with Crippen LogP contribution in [-0.2, 0) is 0 Å². The molecule has 1 rings (SSSR count). The molecule has 0 amide bonds. The lowest BCUT2D eigenvalue weighted by atomic mass is 9.93. The summed E-state index contributed by atoms with van der Waals surface area (Å²) in [5, 5.41) is 12.8. The second kappa shape index (κ2) is 4.90. The molecule has 12 heavy (non-hydrogen) atoms. The quantitative estimate of drug-likeness (QED) is 0.653. The molecule has 0 aromatic heterocycles. The van der Waals surface area contributed by atoms with Gasteiger partial charge in [0.05, 0.1) is 6.10 Å². The Morgan fingerprint density at radius 1 is 1.58 bits per heavy atom. The molecule has 0 heterocycles. The summed E-state index contributed by atoms with van der Waals surface area (Å²) >= 11 is 5.07. The van der Waals surface area contributed by atoms with E-state index in [2.05, 4.69) is 12.2 Å². The molecule has 1 aliphatic rings. The minimum atomic E-state index is -0.320. The van der Waals surface area contributed by atoms with Crippen LogP contribution < -0.4 is 5.32 Å². The van der Waals surface area contributed by atoms with E-state index in [0.29, 0.717) is 6.04 Å². The zero-order valence-electron chi connectivity index (χ0n) is 7.55. The summed E-state index contributed by atoms with van der Waals surface area (Å²) in [4.78, 5) is 0.829. The Balaban J connectivity index is 2.25. The zero-order valence-corrected chi connectivity index (χ0v) is 8.36. The number of thiocarbonyl (C=S) groups is 1. The Morgan fingerprint density at radius 2 is 2.33 bits per heavy atom. The second-order valence-electron chi connectivity index (χ2n) is 3.41. The van der Waals surface area contributed by atoms with Crippen LogP contribution in [0.2, 0.25) is 0 Å². The third-order valence-corrected chi connectivity index (χ3v) is 2.73. The highest BCUT2D eigenvalue weighted by molar-refractivity contribution is 7.80. The van der Waals surface area contributed by atoms with Crippen LogP contribution in [0.15, 0.2) is 0 Å². The Labute approximate surface area is 79.4 Å². The highest BCUT2D eigenvalue weighted by Gasteiger charge is 2.22. The van der Waals surface area contributed by atoms with Gasteiger partial charge < -0.3 is 10.4 Å². The minimum Gasteiger partial charge on any atom is -0.388 e. The van der Waals surface area contributed by atoms with Gasteiger partial charge in [-0.3, -0.25) is 0 Å². The molecule has 1 saturated carbocycles. The van der Waals surface area contributed by atoms with Crippen LogP contribution in [0.25, 0.3) is 0 Å². The predicted molar refractivity (Wildman–Crippen MR) is 54.5 cm³/mol. The zero-order chi connectivity index (χ0) is 8.97. The van der Waals surface area contributed by atoms with Gasteiger partial charge in [0.25, 0.3) is 0 Å². The second-order valence-corrected chi connectivity index (χ2v) is 3.94. The monoisotopic (exact) mass is 187 g/mol. The van der Waals surface area contributed by atoms with Crippen LogP contribution in [0.5, 0.6) is 0 Å². The number of aliphatic hydroxyl groups is 1. The highest BCUT2D eigenvalue weighted by Crippen LogP contribution is 2.16. The Morgan fingerprint density at radius 3 is 2.92 bits per heavy atom. The van der Waals surface area contributed by atoms with E-state index in [1.54, 1.807) is 0 Å². The van der Waals surface area contributed by atoms with Crippen LogP contribution in [-0.4, -0.2) is 28.7 Å². The van der Waals surface area contributed by atoms with Gasteiger partial charge in [-0.25, -0.2) is 0 Å². The summed E-state index contributed by atoms with van der Waals surface area (Å²) in [7, 11) is 0. The normalized spacial score (nSPS) is 30.7. The molecule has 0 saturated heterocycles. The lowest BCUT2D eigenvalue weighted by Crippen LogP contribution is -2.39. The summed E-state index contributed by atoms with van der Waals surface area (Å²) in [5.74, 6) is 0. The molecule has 2 atom stereocenters. The fraction of sp³-hybridized carbons (Fsp3) is 0.889. The predicted octanol–water partition coefficient (Wildman–Crippen LogP) is 1.27. The van der Waals surface area contributed by atoms with E-state index in [0.717, 1.165) is 37.1 Å². The maximum Gasteiger partial charge on any atom is 0.0853 e. The van der Waals surface area contributed by atoms with Gasteiger partial charge in [0, 0.05) is 10.9 Å². The average Bonchev–Trinajstić information content (AvgIpc) is 2.07. The first kappa shape index (κ1) is 10.1. The van der Waals surface area contributed by atoms with Crippen LogP contribution >= 0.6 is 12.2 Å². The average molecular weight is 187 g/mol. The SMILES string of the molecule is CCCNC1CCC(O)C(=S)C1. The third-order valence-electron chi connectivity index (χ3n) is 2.29. The maximum absolute atomic E-state index is 9.35. The minimum absolute atomic E-state index is 0.320. The van der Waals surface area contributed by atoms with Crippen molar-refractivity contribution in [2.45, 2.75) is 44.8 Å². The highest BCUT2D eigenvalue weighted by atomic mass is 32.1. The summed E-state index contributed by atoms with van der Waals surface area (Å²) < 4.78 is 0. The Hall–Kier alpha value is 0.01000. The van der Waals surface area contributed by atoms with Crippen molar-refractivity contribution in [1.29, 1.82) is 0 Å². The van der Waals surface area contributed by atoms with Gasteiger partial charge >= 0.3 is 0 Å². The molecule has 0 aromatic carbocycles. The van der Waals surface area contributed by atoms with E-state index in [1.165, 1.54) is 0 Å². The summed E-state index contributed by atoms with van der Waals surface area (Å²) in [6.07, 6.45) is 3.60. The van der Waals surface area contributed by atoms with Crippen LogP contribution in [0, 0.1) is 0 Å². The van der Waals surface area contributed by atoms with E-state index in [4.69, 9.17) is 12.2 Å². The van der Waals surface area contributed by atoms with E-state index in [9.17, 15) is 5.11 Å². The van der Waals surface area contributed by atoms with Gasteiger partial charge in [0.2, 0.25) is 0 Å². The number of hydrogen-bond donors (Lipinski definition) is 2. The van der Waals surface area contributed by atoms with Gasteiger partial charge in [-0.15, -0.1) is 0 Å². The molecule has 1 fully saturated rings. The van der Waals surface area contributed by atoms with Crippen molar-refractivity contribution in [3.63, 3.8) is 0 Å². The standard InChI is InChI=1S/C9H17NOS/c1-2-5-10-7-3-4-8(11)9(12)6-7/h7-8,10-11H,2-6H2,1H3. The first-order valence-corrected chi connectivity index (χ1v) is 5.09. The molecule has 2 unspecified atom stereocenters. The van der Waals surface area contributed by atoms with Crippen molar-refractivity contribution in [3.8, 4) is 0 Å². The molecular weight excluding hydrogens is 170 g/mol. The van der Waals surface area contributed by atoms with Crippen molar-refractivity contribution in [2.75, 3.05) is 6.54 Å². The van der Waals surface area contributed by atoms with E-state index < -0.39 is 0 Å². The molecule has 1 aliphatic carbocycles. The molecule has 2 N–H and O–H groups in total. The van der Waals surface area contributed by atoms with E-state index in [1.807, 2.05) is 0 Å². The smallest absolute Gasteiger partial charge is 0.0853 e. The largest absolute Gasteiger partial charge is 0.388 e. The van der Waals surface area contributed by atoms with Gasteiger partial charge in [-0.05, 0) is 32.2 Å². The van der Waals surface area contributed by atoms with Gasteiger partial charge in [-0.2, -0.15) is 0 Å². The molecule has 0 aromatic rings. The molecule has 70 valence electrons. The fourth-order valence-electron chi connectivity index (χ4n) is 1.52. The number of hydrogen-bond acceptors (Lipinski definition) is 3. The van der Waals surface area contributed by atoms with Gasteiger partial charge in [-0.1, -0.05) is 19.1 Å². The van der Waals surface area contributed by atoms with Gasteiger partial charge in [0.15, 0.2) is 0 Å². The third kappa shape index (κ3) is 2.81. The maximum atomic E-state index is 9.35. The van der Waals surface area contributed by atoms with Crippen LogP contribution in [0.1, 0.15) is 32.6 Å². The topological polar surface area (TPSA) is 32.3 Å². The van der Waals surface area contributed by atoms with Crippen LogP contribution in [0.3, 0.4) is 0 Å². The summed E-state index contributed by atoms with van der Waals surface area (Å²) in [6.45, 7) is 3.21. The Kier molecular flexibility index (Phi) is 4.12.